The molecule has 0 radical (unpaired) electrons. The van der Waals surface area contributed by atoms with E-state index >= 15 is 0 Å². The van der Waals surface area contributed by atoms with Gasteiger partial charge in [-0.15, -0.1) is 8.42 Å². The molecule has 88 valence electrons. The maximum Gasteiger partial charge on any atom is 0.433 e. The quantitative estimate of drug-likeness (QED) is 0.412. The lowest BCUT2D eigenvalue weighted by Gasteiger charge is -2.31. The molecule has 0 fully saturated rings. The number of rotatable bonds is 6. The second kappa shape index (κ2) is 6.31. The first kappa shape index (κ1) is 16.2. The highest BCUT2D eigenvalue weighted by Crippen LogP contribution is 2.12. The molecule has 0 aromatic rings. The van der Waals surface area contributed by atoms with Crippen molar-refractivity contribution in [1.29, 1.82) is 0 Å². The summed E-state index contributed by atoms with van der Waals surface area (Å²) in [6.45, 7) is 0.742. The summed E-state index contributed by atoms with van der Waals surface area (Å²) < 4.78 is 30.2. The van der Waals surface area contributed by atoms with Gasteiger partial charge in [0.25, 0.3) is 0 Å². The molecule has 6 nitrogen and oxygen atoms in total. The van der Waals surface area contributed by atoms with E-state index in [0.29, 0.717) is 0 Å². The number of likely N-dealkylation sites (N-methyl/N-ethyl adjacent to an activating group) is 1. The second-order valence-electron chi connectivity index (χ2n) is 2.72. The van der Waals surface area contributed by atoms with E-state index in [0.717, 1.165) is 0 Å². The van der Waals surface area contributed by atoms with E-state index in [-0.39, 0.29) is 40.3 Å². The van der Waals surface area contributed by atoms with Gasteiger partial charge in [-0.3, -0.25) is 0 Å². The van der Waals surface area contributed by atoms with Crippen molar-refractivity contribution in [3.05, 3.63) is 0 Å². The smallest absolute Gasteiger partial charge is 0.390 e. The van der Waals surface area contributed by atoms with Crippen LogP contribution in [0.15, 0.2) is 0 Å². The van der Waals surface area contributed by atoms with Crippen LogP contribution in [0, 0.1) is 0 Å². The zero-order valence-electron chi connectivity index (χ0n) is 7.55. The first-order valence-corrected chi connectivity index (χ1v) is 5.38. The van der Waals surface area contributed by atoms with Crippen LogP contribution in [-0.4, -0.2) is 59.9 Å². The summed E-state index contributed by atoms with van der Waals surface area (Å²) in [6.07, 6.45) is 0. The van der Waals surface area contributed by atoms with Crippen LogP contribution >= 0.6 is 0 Å². The lowest BCUT2D eigenvalue weighted by molar-refractivity contribution is -0.810. The van der Waals surface area contributed by atoms with Gasteiger partial charge in [-0.2, -0.15) is 3.89 Å². The van der Waals surface area contributed by atoms with Gasteiger partial charge in [0.1, 0.15) is 13.1 Å². The van der Waals surface area contributed by atoms with Crippen LogP contribution in [0.5, 0.6) is 0 Å². The minimum atomic E-state index is -4.28. The molecule has 0 bridgehead atoms. The molecular formula is C7H20NO5S+. The van der Waals surface area contributed by atoms with E-state index in [4.69, 9.17) is 14.8 Å². The predicted octanol–water partition coefficient (Wildman–Crippen LogP) is -0.753. The fourth-order valence-electron chi connectivity index (χ4n) is 1.19. The highest BCUT2D eigenvalue weighted by Gasteiger charge is 2.38. The largest absolute Gasteiger partial charge is 0.433 e. The van der Waals surface area contributed by atoms with Crippen LogP contribution in [0.25, 0.3) is 0 Å². The zero-order valence-corrected chi connectivity index (χ0v) is 8.37. The monoisotopic (exact) mass is 230 g/mol. The molecule has 0 aliphatic carbocycles. The molecule has 0 saturated carbocycles. The highest BCUT2D eigenvalue weighted by atomic mass is 32.2. The van der Waals surface area contributed by atoms with E-state index < -0.39 is 14.2 Å². The van der Waals surface area contributed by atoms with Gasteiger partial charge < -0.3 is 10.2 Å². The first-order chi connectivity index (χ1) is 5.93. The Balaban J connectivity index is 0. The molecule has 0 aliphatic heterocycles. The minimum absolute atomic E-state index is 0. The summed E-state index contributed by atoms with van der Waals surface area (Å²) in [5, 5.41) is 17.3. The molecule has 3 N–H and O–H groups in total. The Morgan fingerprint density at radius 3 is 1.64 bits per heavy atom. The Morgan fingerprint density at radius 1 is 1.14 bits per heavy atom. The Labute approximate surface area is 85.3 Å². The molecule has 0 aromatic heterocycles. The summed E-state index contributed by atoms with van der Waals surface area (Å²) in [4.78, 5) is 0. The molecule has 0 aromatic carbocycles. The summed E-state index contributed by atoms with van der Waals surface area (Å²) in [6, 6.07) is 0. The van der Waals surface area contributed by atoms with E-state index in [1.807, 2.05) is 0 Å². The van der Waals surface area contributed by atoms with Gasteiger partial charge in [0, 0.05) is 0 Å². The van der Waals surface area contributed by atoms with Gasteiger partial charge in [0.15, 0.2) is 0 Å². The Morgan fingerprint density at radius 2 is 1.50 bits per heavy atom. The molecule has 0 aliphatic rings. The van der Waals surface area contributed by atoms with Gasteiger partial charge in [-0.05, 0) is 6.92 Å². The highest BCUT2D eigenvalue weighted by molar-refractivity contribution is 7.80. The van der Waals surface area contributed by atoms with E-state index in [1.165, 1.54) is 0 Å². The molecule has 7 heteroatoms. The Kier molecular flexibility index (Phi) is 7.31. The van der Waals surface area contributed by atoms with Crippen LogP contribution in [0.2, 0.25) is 0 Å². The fourth-order valence-corrected chi connectivity index (χ4v) is 2.14. The van der Waals surface area contributed by atoms with Crippen LogP contribution in [0.4, 0.5) is 0 Å². The molecule has 0 rings (SSSR count). The molecule has 0 atom stereocenters. The van der Waals surface area contributed by atoms with Crippen LogP contribution < -0.4 is 0 Å². The Bertz CT molecular complexity index is 232. The van der Waals surface area contributed by atoms with Gasteiger partial charge in [-0.1, -0.05) is 7.43 Å². The number of hydrogen-bond donors (Lipinski definition) is 3. The minimum Gasteiger partial charge on any atom is -0.390 e. The molecule has 0 unspecified atom stereocenters. The van der Waals surface area contributed by atoms with Crippen LogP contribution in [0.3, 0.4) is 0 Å². The lowest BCUT2D eigenvalue weighted by Crippen LogP contribution is -2.55. The topological polar surface area (TPSA) is 94.8 Å². The van der Waals surface area contributed by atoms with Crippen molar-refractivity contribution >= 4 is 10.3 Å². The number of quaternary nitrogens is 1. The van der Waals surface area contributed by atoms with Gasteiger partial charge in [0.2, 0.25) is 0 Å². The first-order valence-electron chi connectivity index (χ1n) is 3.99. The number of hydrogen-bond acceptors (Lipinski definition) is 4. The molecule has 0 spiro atoms. The van der Waals surface area contributed by atoms with E-state index in [9.17, 15) is 8.42 Å². The molecule has 0 saturated heterocycles. The fraction of sp³-hybridized carbons (Fsp3) is 1.00. The van der Waals surface area contributed by atoms with Crippen molar-refractivity contribution < 1.29 is 27.1 Å². The maximum atomic E-state index is 11.0. The summed E-state index contributed by atoms with van der Waals surface area (Å²) >= 11 is 0. The van der Waals surface area contributed by atoms with Gasteiger partial charge in [-0.25, -0.2) is 4.55 Å². The normalized spacial score (nSPS) is 12.3. The number of aliphatic hydroxyl groups excluding tert-OH is 2. The number of nitrogens with zero attached hydrogens (tertiary/aromatic N) is 1. The molecule has 0 heterocycles. The summed E-state index contributed by atoms with van der Waals surface area (Å²) in [7, 11) is -4.28. The summed E-state index contributed by atoms with van der Waals surface area (Å²) in [5.74, 6) is 0. The van der Waals surface area contributed by atoms with Crippen molar-refractivity contribution in [3.8, 4) is 0 Å². The van der Waals surface area contributed by atoms with Crippen molar-refractivity contribution in [2.75, 3.05) is 32.8 Å². The maximum absolute atomic E-state index is 11.0. The van der Waals surface area contributed by atoms with Crippen molar-refractivity contribution in [2.45, 2.75) is 14.4 Å². The second-order valence-corrected chi connectivity index (χ2v) is 4.39. The predicted molar refractivity (Wildman–Crippen MR) is 53.0 cm³/mol. The third-order valence-corrected chi connectivity index (χ3v) is 3.68. The van der Waals surface area contributed by atoms with Crippen LogP contribution in [0.1, 0.15) is 14.4 Å². The van der Waals surface area contributed by atoms with Crippen LogP contribution in [-0.2, 0) is 10.3 Å². The summed E-state index contributed by atoms with van der Waals surface area (Å²) in [5.41, 5.74) is 0. The van der Waals surface area contributed by atoms with Gasteiger partial charge >= 0.3 is 10.3 Å². The third kappa shape index (κ3) is 3.50. The Hall–Kier alpha value is -0.210. The lowest BCUT2D eigenvalue weighted by atomic mass is 10.5. The van der Waals surface area contributed by atoms with Crippen molar-refractivity contribution in [3.63, 3.8) is 0 Å². The zero-order chi connectivity index (χ0) is 10.5. The molecular weight excluding hydrogens is 210 g/mol. The van der Waals surface area contributed by atoms with Gasteiger partial charge in [0.05, 0.1) is 19.8 Å². The average molecular weight is 230 g/mol. The average Bonchev–Trinajstić information content (AvgIpc) is 2.02. The molecule has 0 amide bonds. The van der Waals surface area contributed by atoms with E-state index in [2.05, 4.69) is 0 Å². The standard InChI is InChI=1S/C6H15NO5S.CH4/c1-2-7(3-5-8,4-6-9)13(10,11)12;/h8-9H,2-6H2,1H3;1H4/p+1. The van der Waals surface area contributed by atoms with E-state index in [1.54, 1.807) is 6.92 Å². The molecule has 14 heavy (non-hydrogen) atoms. The SMILES string of the molecule is C.CC[N+](CCO)(CCO)S(=O)(=O)O. The third-order valence-electron chi connectivity index (χ3n) is 2.08. The van der Waals surface area contributed by atoms with Crippen molar-refractivity contribution in [1.82, 2.24) is 0 Å². The van der Waals surface area contributed by atoms with Crippen molar-refractivity contribution in [2.24, 2.45) is 0 Å². The number of aliphatic hydroxyl groups is 2.